The maximum absolute atomic E-state index is 12.9. The number of amides is 3. The normalized spacial score (nSPS) is 13.2. The number of carbonyl (C=O) groups excluding carboxylic acids is 2. The molecule has 0 fully saturated rings. The maximum atomic E-state index is 12.9. The van der Waals surface area contributed by atoms with Crippen molar-refractivity contribution < 1.29 is 14.8 Å². The highest BCUT2D eigenvalue weighted by molar-refractivity contribution is 6.04. The molecule has 0 aliphatic carbocycles. The van der Waals surface area contributed by atoms with E-state index >= 15 is 0 Å². The lowest BCUT2D eigenvalue weighted by Gasteiger charge is -2.27. The summed E-state index contributed by atoms with van der Waals surface area (Å²) in [6, 6.07) is 8.62. The SMILES string of the molecule is CCc1cccc(CC)c1N(O)C(=O)c1ccc2c(n1)CCN(C(N)=O)C2. The topological polar surface area (TPSA) is 99.8 Å². The van der Waals surface area contributed by atoms with Crippen molar-refractivity contribution in [3.8, 4) is 0 Å². The summed E-state index contributed by atoms with van der Waals surface area (Å²) in [4.78, 5) is 30.2. The summed E-state index contributed by atoms with van der Waals surface area (Å²) in [6.45, 7) is 4.82. The Hall–Kier alpha value is -2.93. The van der Waals surface area contributed by atoms with Crippen LogP contribution >= 0.6 is 0 Å². The Bertz CT molecular complexity index is 859. The first-order valence-corrected chi connectivity index (χ1v) is 9.13. The minimum absolute atomic E-state index is 0.178. The number of aryl methyl sites for hydroxylation is 2. The minimum Gasteiger partial charge on any atom is -0.351 e. The van der Waals surface area contributed by atoms with Gasteiger partial charge in [-0.15, -0.1) is 0 Å². The molecule has 27 heavy (non-hydrogen) atoms. The third-order valence-electron chi connectivity index (χ3n) is 4.95. The number of nitrogens with zero attached hydrogens (tertiary/aromatic N) is 3. The van der Waals surface area contributed by atoms with E-state index in [1.54, 1.807) is 12.1 Å². The molecule has 0 atom stereocenters. The molecule has 0 radical (unpaired) electrons. The number of fused-ring (bicyclic) bond motifs is 1. The fourth-order valence-corrected chi connectivity index (χ4v) is 3.42. The molecule has 0 spiro atoms. The van der Waals surface area contributed by atoms with E-state index in [9.17, 15) is 14.8 Å². The van der Waals surface area contributed by atoms with Gasteiger partial charge in [-0.25, -0.2) is 9.78 Å². The lowest BCUT2D eigenvalue weighted by atomic mass is 10.0. The van der Waals surface area contributed by atoms with Gasteiger partial charge in [0.05, 0.1) is 5.69 Å². The lowest BCUT2D eigenvalue weighted by Crippen LogP contribution is -2.40. The van der Waals surface area contributed by atoms with Gasteiger partial charge in [-0.05, 0) is 35.6 Å². The molecular formula is C20H24N4O3. The van der Waals surface area contributed by atoms with Crippen molar-refractivity contribution in [1.82, 2.24) is 9.88 Å². The van der Waals surface area contributed by atoms with E-state index in [2.05, 4.69) is 4.98 Å². The fourth-order valence-electron chi connectivity index (χ4n) is 3.42. The molecule has 1 aromatic heterocycles. The minimum atomic E-state index is -0.564. The zero-order valence-corrected chi connectivity index (χ0v) is 15.6. The van der Waals surface area contributed by atoms with Gasteiger partial charge in [-0.3, -0.25) is 10.0 Å². The molecule has 3 rings (SSSR count). The van der Waals surface area contributed by atoms with E-state index in [0.717, 1.165) is 22.4 Å². The van der Waals surface area contributed by atoms with Crippen molar-refractivity contribution in [2.75, 3.05) is 11.6 Å². The van der Waals surface area contributed by atoms with Crippen LogP contribution in [0.4, 0.5) is 10.5 Å². The molecule has 1 aliphatic heterocycles. The number of anilines is 1. The second kappa shape index (κ2) is 7.75. The van der Waals surface area contributed by atoms with Crippen molar-refractivity contribution in [2.24, 2.45) is 5.73 Å². The van der Waals surface area contributed by atoms with Crippen LogP contribution in [0, 0.1) is 0 Å². The second-order valence-electron chi connectivity index (χ2n) is 6.56. The highest BCUT2D eigenvalue weighted by Gasteiger charge is 2.25. The smallest absolute Gasteiger partial charge is 0.315 e. The van der Waals surface area contributed by atoms with Gasteiger partial charge >= 0.3 is 11.9 Å². The van der Waals surface area contributed by atoms with Gasteiger partial charge in [0.15, 0.2) is 0 Å². The van der Waals surface area contributed by atoms with Crippen molar-refractivity contribution in [3.63, 3.8) is 0 Å². The number of hydrogen-bond donors (Lipinski definition) is 2. The Morgan fingerprint density at radius 3 is 2.44 bits per heavy atom. The number of nitrogens with two attached hydrogens (primary N) is 1. The summed E-state index contributed by atoms with van der Waals surface area (Å²) in [5.41, 5.74) is 9.47. The first kappa shape index (κ1) is 18.8. The molecule has 3 N–H and O–H groups in total. The van der Waals surface area contributed by atoms with E-state index in [4.69, 9.17) is 5.73 Å². The molecule has 0 unspecified atom stereocenters. The fraction of sp³-hybridized carbons (Fsp3) is 0.350. The highest BCUT2D eigenvalue weighted by Crippen LogP contribution is 2.27. The van der Waals surface area contributed by atoms with Gasteiger partial charge in [-0.1, -0.05) is 38.1 Å². The standard InChI is InChI=1S/C20H24N4O3/c1-3-13-6-5-7-14(4-2)18(13)24(27)19(25)17-9-8-15-12-23(20(21)26)11-10-16(15)22-17/h5-9,27H,3-4,10-12H2,1-2H3,(H2,21,26). The average Bonchev–Trinajstić information content (AvgIpc) is 2.70. The Morgan fingerprint density at radius 2 is 1.85 bits per heavy atom. The molecule has 7 heteroatoms. The van der Waals surface area contributed by atoms with E-state index in [0.29, 0.717) is 43.1 Å². The quantitative estimate of drug-likeness (QED) is 0.640. The number of urea groups is 1. The third-order valence-corrected chi connectivity index (χ3v) is 4.95. The number of aromatic nitrogens is 1. The Balaban J connectivity index is 1.90. The van der Waals surface area contributed by atoms with Crippen LogP contribution in [0.3, 0.4) is 0 Å². The number of rotatable bonds is 4. The van der Waals surface area contributed by atoms with Crippen LogP contribution in [0.15, 0.2) is 30.3 Å². The number of hydroxylamine groups is 1. The summed E-state index contributed by atoms with van der Waals surface area (Å²) >= 11 is 0. The summed E-state index contributed by atoms with van der Waals surface area (Å²) in [5.74, 6) is -0.564. The zero-order chi connectivity index (χ0) is 19.6. The predicted octanol–water partition coefficient (Wildman–Crippen LogP) is 2.68. The number of carbonyl (C=O) groups is 2. The van der Waals surface area contributed by atoms with Crippen molar-refractivity contribution in [2.45, 2.75) is 39.7 Å². The Morgan fingerprint density at radius 1 is 1.19 bits per heavy atom. The summed E-state index contributed by atoms with van der Waals surface area (Å²) in [7, 11) is 0. The van der Waals surface area contributed by atoms with Crippen LogP contribution in [0.2, 0.25) is 0 Å². The van der Waals surface area contributed by atoms with Gasteiger partial charge < -0.3 is 10.6 Å². The average molecular weight is 368 g/mol. The molecule has 7 nitrogen and oxygen atoms in total. The predicted molar refractivity (Wildman–Crippen MR) is 102 cm³/mol. The summed E-state index contributed by atoms with van der Waals surface area (Å²) < 4.78 is 0. The largest absolute Gasteiger partial charge is 0.351 e. The summed E-state index contributed by atoms with van der Waals surface area (Å²) in [5, 5.41) is 11.4. The molecule has 0 saturated carbocycles. The Kier molecular flexibility index (Phi) is 5.41. The molecule has 0 bridgehead atoms. The molecule has 1 aliphatic rings. The van der Waals surface area contributed by atoms with Crippen LogP contribution in [0.1, 0.15) is 46.7 Å². The number of hydrogen-bond acceptors (Lipinski definition) is 4. The van der Waals surface area contributed by atoms with Crippen LogP contribution < -0.4 is 10.8 Å². The zero-order valence-electron chi connectivity index (χ0n) is 15.6. The monoisotopic (exact) mass is 368 g/mol. The molecule has 3 amide bonds. The van der Waals surface area contributed by atoms with E-state index in [-0.39, 0.29) is 5.69 Å². The van der Waals surface area contributed by atoms with Crippen molar-refractivity contribution in [1.29, 1.82) is 0 Å². The first-order valence-electron chi connectivity index (χ1n) is 9.13. The van der Waals surface area contributed by atoms with Crippen molar-refractivity contribution >= 4 is 17.6 Å². The van der Waals surface area contributed by atoms with Gasteiger partial charge in [-0.2, -0.15) is 5.06 Å². The molecular weight excluding hydrogens is 344 g/mol. The van der Waals surface area contributed by atoms with Crippen LogP contribution in [0.5, 0.6) is 0 Å². The number of pyridine rings is 1. The van der Waals surface area contributed by atoms with E-state index < -0.39 is 11.9 Å². The molecule has 0 saturated heterocycles. The molecule has 2 aromatic rings. The van der Waals surface area contributed by atoms with E-state index in [1.165, 1.54) is 4.90 Å². The molecule has 2 heterocycles. The van der Waals surface area contributed by atoms with Gasteiger partial charge in [0.25, 0.3) is 0 Å². The molecule has 1 aromatic carbocycles. The lowest BCUT2D eigenvalue weighted by molar-refractivity contribution is 0.0847. The van der Waals surface area contributed by atoms with Crippen molar-refractivity contribution in [3.05, 3.63) is 58.4 Å². The van der Waals surface area contributed by atoms with Gasteiger partial charge in [0, 0.05) is 25.2 Å². The highest BCUT2D eigenvalue weighted by atomic mass is 16.5. The number of para-hydroxylation sites is 1. The molecule has 142 valence electrons. The summed E-state index contributed by atoms with van der Waals surface area (Å²) in [6.07, 6.45) is 1.93. The Labute approximate surface area is 158 Å². The van der Waals surface area contributed by atoms with Gasteiger partial charge in [0.2, 0.25) is 0 Å². The maximum Gasteiger partial charge on any atom is 0.315 e. The van der Waals surface area contributed by atoms with E-state index in [1.807, 2.05) is 32.0 Å². The first-order chi connectivity index (χ1) is 13.0. The van der Waals surface area contributed by atoms with Crippen LogP contribution in [0.25, 0.3) is 0 Å². The second-order valence-corrected chi connectivity index (χ2v) is 6.56. The third kappa shape index (κ3) is 3.64. The van der Waals surface area contributed by atoms with Gasteiger partial charge in [0.1, 0.15) is 5.69 Å². The van der Waals surface area contributed by atoms with Crippen LogP contribution in [-0.4, -0.2) is 33.6 Å². The van der Waals surface area contributed by atoms with Crippen LogP contribution in [-0.2, 0) is 25.8 Å². The number of benzene rings is 1. The number of primary amides is 1.